The predicted molar refractivity (Wildman–Crippen MR) is 56.1 cm³/mol. The van der Waals surface area contributed by atoms with Gasteiger partial charge in [-0.25, -0.2) is 0 Å². The quantitative estimate of drug-likeness (QED) is 0.592. The fourth-order valence-corrected chi connectivity index (χ4v) is 2.93. The van der Waals surface area contributed by atoms with Crippen LogP contribution in [0.5, 0.6) is 0 Å². The van der Waals surface area contributed by atoms with Crippen LogP contribution < -0.4 is 0 Å². The fraction of sp³-hybridized carbons (Fsp3) is 1.00. The van der Waals surface area contributed by atoms with Gasteiger partial charge in [0.25, 0.3) is 0 Å². The van der Waals surface area contributed by atoms with Gasteiger partial charge in [-0.2, -0.15) is 0 Å². The van der Waals surface area contributed by atoms with E-state index in [9.17, 15) is 0 Å². The first-order chi connectivity index (χ1) is 5.01. The van der Waals surface area contributed by atoms with E-state index in [0.717, 1.165) is 12.1 Å². The van der Waals surface area contributed by atoms with Gasteiger partial charge in [0.2, 0.25) is 0 Å². The average molecular weight is 175 g/mol. The van der Waals surface area contributed by atoms with Crippen LogP contribution in [0, 0.1) is 5.92 Å². The van der Waals surface area contributed by atoms with E-state index in [0.29, 0.717) is 5.54 Å². The Morgan fingerprint density at radius 2 is 1.82 bits per heavy atom. The topological polar surface area (TPSA) is 3.24 Å². The van der Waals surface area contributed by atoms with Crippen molar-refractivity contribution in [2.75, 3.05) is 20.3 Å². The van der Waals surface area contributed by atoms with Crippen LogP contribution in [0.15, 0.2) is 0 Å². The summed E-state index contributed by atoms with van der Waals surface area (Å²) in [5.74, 6) is 0.722. The van der Waals surface area contributed by atoms with Crippen LogP contribution in [-0.2, 0) is 0 Å². The highest BCUT2D eigenvalue weighted by Crippen LogP contribution is 2.28. The summed E-state index contributed by atoms with van der Waals surface area (Å²) >= 11 is 0. The van der Waals surface area contributed by atoms with Crippen molar-refractivity contribution in [1.82, 2.24) is 4.90 Å². The Bertz CT molecular complexity index is 96.1. The predicted octanol–water partition coefficient (Wildman–Crippen LogP) is 2.23. The monoisotopic (exact) mass is 175 g/mol. The van der Waals surface area contributed by atoms with Gasteiger partial charge in [0.15, 0.2) is 0 Å². The maximum Gasteiger partial charge on any atom is 0.0258 e. The maximum atomic E-state index is 2.86. The highest BCUT2D eigenvalue weighted by atomic mass is 31.0. The van der Waals surface area contributed by atoms with Crippen LogP contribution >= 0.6 is 9.24 Å². The van der Waals surface area contributed by atoms with Crippen molar-refractivity contribution >= 4 is 9.24 Å². The summed E-state index contributed by atoms with van der Waals surface area (Å²) in [6, 6.07) is 0. The van der Waals surface area contributed by atoms with E-state index in [1.807, 2.05) is 0 Å². The summed E-state index contributed by atoms with van der Waals surface area (Å²) in [7, 11) is 7.21. The fourth-order valence-electron chi connectivity index (χ4n) is 1.80. The summed E-state index contributed by atoms with van der Waals surface area (Å²) in [4.78, 5) is 2.35. The van der Waals surface area contributed by atoms with Crippen molar-refractivity contribution in [1.29, 1.82) is 0 Å². The molecule has 0 heterocycles. The van der Waals surface area contributed by atoms with E-state index in [1.165, 1.54) is 6.42 Å². The summed E-state index contributed by atoms with van der Waals surface area (Å²) < 4.78 is 0. The van der Waals surface area contributed by atoms with Crippen molar-refractivity contribution < 1.29 is 0 Å². The molecule has 0 aromatic rings. The molecule has 0 aliphatic carbocycles. The van der Waals surface area contributed by atoms with Gasteiger partial charge in [0.05, 0.1) is 0 Å². The van der Waals surface area contributed by atoms with E-state index < -0.39 is 0 Å². The van der Waals surface area contributed by atoms with Gasteiger partial charge in [0, 0.05) is 5.54 Å². The SMILES string of the molecule is CC[C@](CP)(C(C)C)N(C)C. The highest BCUT2D eigenvalue weighted by molar-refractivity contribution is 7.16. The molecule has 0 aliphatic heterocycles. The zero-order valence-electron chi connectivity index (χ0n) is 8.52. The van der Waals surface area contributed by atoms with Crippen LogP contribution in [0.3, 0.4) is 0 Å². The molecule has 0 spiro atoms. The molecule has 0 amide bonds. The molecule has 0 bridgehead atoms. The summed E-state index contributed by atoms with van der Waals surface area (Å²) in [6.45, 7) is 6.87. The summed E-state index contributed by atoms with van der Waals surface area (Å²) in [5, 5.41) is 0. The summed E-state index contributed by atoms with van der Waals surface area (Å²) in [5.41, 5.74) is 0.380. The Labute approximate surface area is 73.7 Å². The minimum absolute atomic E-state index is 0.380. The molecule has 1 nitrogen and oxygen atoms in total. The molecule has 0 saturated heterocycles. The molecule has 0 rings (SSSR count). The third kappa shape index (κ3) is 2.16. The van der Waals surface area contributed by atoms with E-state index in [1.54, 1.807) is 0 Å². The smallest absolute Gasteiger partial charge is 0.0258 e. The Morgan fingerprint density at radius 1 is 1.36 bits per heavy atom. The number of rotatable bonds is 4. The normalized spacial score (nSPS) is 17.5. The molecule has 0 fully saturated rings. The second-order valence-electron chi connectivity index (χ2n) is 3.71. The van der Waals surface area contributed by atoms with Gasteiger partial charge in [-0.05, 0) is 32.6 Å². The Kier molecular flexibility index (Phi) is 4.58. The molecule has 68 valence electrons. The Balaban J connectivity index is 4.46. The molecule has 0 N–H and O–H groups in total. The van der Waals surface area contributed by atoms with Crippen molar-refractivity contribution in [2.24, 2.45) is 5.92 Å². The first kappa shape index (κ1) is 11.4. The summed E-state index contributed by atoms with van der Waals surface area (Å²) in [6.07, 6.45) is 2.38. The van der Waals surface area contributed by atoms with Crippen LogP contribution in [0.25, 0.3) is 0 Å². The molecule has 0 aromatic heterocycles. The minimum Gasteiger partial charge on any atom is -0.303 e. The average Bonchev–Trinajstić information content (AvgIpc) is 1.90. The molecule has 0 aromatic carbocycles. The molecule has 0 radical (unpaired) electrons. The Morgan fingerprint density at radius 3 is 1.82 bits per heavy atom. The van der Waals surface area contributed by atoms with Crippen molar-refractivity contribution in [3.8, 4) is 0 Å². The number of nitrogens with zero attached hydrogens (tertiary/aromatic N) is 1. The van der Waals surface area contributed by atoms with Crippen LogP contribution in [-0.4, -0.2) is 30.7 Å². The zero-order chi connectivity index (χ0) is 9.07. The largest absolute Gasteiger partial charge is 0.303 e. The van der Waals surface area contributed by atoms with Crippen molar-refractivity contribution in [2.45, 2.75) is 32.7 Å². The zero-order valence-corrected chi connectivity index (χ0v) is 9.67. The third-order valence-corrected chi connectivity index (χ3v) is 3.64. The lowest BCUT2D eigenvalue weighted by Gasteiger charge is -2.42. The van der Waals surface area contributed by atoms with Crippen molar-refractivity contribution in [3.05, 3.63) is 0 Å². The highest BCUT2D eigenvalue weighted by Gasteiger charge is 2.31. The molecular weight excluding hydrogens is 153 g/mol. The van der Waals surface area contributed by atoms with Crippen LogP contribution in [0.1, 0.15) is 27.2 Å². The second kappa shape index (κ2) is 4.42. The van der Waals surface area contributed by atoms with Crippen LogP contribution in [0.2, 0.25) is 0 Å². The number of hydrogen-bond donors (Lipinski definition) is 0. The van der Waals surface area contributed by atoms with E-state index in [2.05, 4.69) is 49.0 Å². The number of hydrogen-bond acceptors (Lipinski definition) is 1. The lowest BCUT2D eigenvalue weighted by Crippen LogP contribution is -2.49. The van der Waals surface area contributed by atoms with E-state index in [-0.39, 0.29) is 0 Å². The van der Waals surface area contributed by atoms with Gasteiger partial charge in [-0.3, -0.25) is 0 Å². The maximum absolute atomic E-state index is 2.86. The lowest BCUT2D eigenvalue weighted by molar-refractivity contribution is 0.115. The molecular formula is C9H22NP. The molecule has 1 unspecified atom stereocenters. The van der Waals surface area contributed by atoms with Gasteiger partial charge in [-0.1, -0.05) is 20.8 Å². The van der Waals surface area contributed by atoms with Gasteiger partial charge in [-0.15, -0.1) is 9.24 Å². The van der Waals surface area contributed by atoms with E-state index in [4.69, 9.17) is 0 Å². The molecule has 11 heavy (non-hydrogen) atoms. The molecule has 2 atom stereocenters. The standard InChI is InChI=1S/C9H22NP/c1-6-9(7-11,8(2)3)10(4)5/h8H,6-7,11H2,1-5H3/t9-/m0/s1. The van der Waals surface area contributed by atoms with Crippen molar-refractivity contribution in [3.63, 3.8) is 0 Å². The van der Waals surface area contributed by atoms with Gasteiger partial charge >= 0.3 is 0 Å². The molecule has 0 saturated carbocycles. The second-order valence-corrected chi connectivity index (χ2v) is 4.12. The van der Waals surface area contributed by atoms with E-state index >= 15 is 0 Å². The molecule has 2 heteroatoms. The minimum atomic E-state index is 0.380. The lowest BCUT2D eigenvalue weighted by atomic mass is 9.84. The first-order valence-electron chi connectivity index (χ1n) is 4.38. The van der Waals surface area contributed by atoms with Crippen LogP contribution in [0.4, 0.5) is 0 Å². The third-order valence-electron chi connectivity index (χ3n) is 2.93. The Hall–Kier alpha value is 0.390. The molecule has 0 aliphatic rings. The first-order valence-corrected chi connectivity index (χ1v) is 5.20. The van der Waals surface area contributed by atoms with Gasteiger partial charge < -0.3 is 4.90 Å². The van der Waals surface area contributed by atoms with Gasteiger partial charge in [0.1, 0.15) is 0 Å².